The molecule has 98 valence electrons. The highest BCUT2D eigenvalue weighted by atomic mass is 35.5. The van der Waals surface area contributed by atoms with Gasteiger partial charge in [0.25, 0.3) is 0 Å². The van der Waals surface area contributed by atoms with Crippen LogP contribution in [0.5, 0.6) is 5.75 Å². The van der Waals surface area contributed by atoms with Gasteiger partial charge in [0.2, 0.25) is 0 Å². The lowest BCUT2D eigenvalue weighted by molar-refractivity contribution is 0.243. The summed E-state index contributed by atoms with van der Waals surface area (Å²) in [7, 11) is 0. The maximum absolute atomic E-state index is 6.51. The minimum absolute atomic E-state index is 0.369. The van der Waals surface area contributed by atoms with Gasteiger partial charge in [0.05, 0.1) is 6.61 Å². The molecule has 4 atom stereocenters. The lowest BCUT2D eigenvalue weighted by Crippen LogP contribution is -2.26. The molecule has 0 saturated heterocycles. The van der Waals surface area contributed by atoms with Crippen molar-refractivity contribution in [2.75, 3.05) is 6.61 Å². The molecule has 2 aliphatic rings. The fourth-order valence-corrected chi connectivity index (χ4v) is 3.83. The molecular weight excluding hydrogens is 244 g/mol. The van der Waals surface area contributed by atoms with Gasteiger partial charge in [-0.2, -0.15) is 0 Å². The van der Waals surface area contributed by atoms with E-state index in [1.807, 2.05) is 6.07 Å². The minimum atomic E-state index is 0.369. The zero-order chi connectivity index (χ0) is 12.5. The maximum atomic E-state index is 6.51. The quantitative estimate of drug-likeness (QED) is 0.710. The van der Waals surface area contributed by atoms with E-state index < -0.39 is 0 Å². The highest BCUT2D eigenvalue weighted by Crippen LogP contribution is 2.42. The van der Waals surface area contributed by atoms with Crippen molar-refractivity contribution in [1.82, 2.24) is 0 Å². The molecule has 1 aliphatic heterocycles. The number of rotatable bonds is 2. The monoisotopic (exact) mass is 264 g/mol. The van der Waals surface area contributed by atoms with Gasteiger partial charge in [-0.1, -0.05) is 25.1 Å². The Hall–Kier alpha value is -0.690. The fourth-order valence-electron chi connectivity index (χ4n) is 3.50. The van der Waals surface area contributed by atoms with E-state index in [9.17, 15) is 0 Å². The van der Waals surface area contributed by atoms with E-state index in [0.717, 1.165) is 18.3 Å². The van der Waals surface area contributed by atoms with E-state index in [-0.39, 0.29) is 0 Å². The molecule has 0 radical (unpaired) electrons. The van der Waals surface area contributed by atoms with Crippen molar-refractivity contribution >= 4 is 11.6 Å². The largest absolute Gasteiger partial charge is 0.493 e. The first-order valence-corrected chi connectivity index (χ1v) is 7.53. The molecule has 18 heavy (non-hydrogen) atoms. The van der Waals surface area contributed by atoms with Gasteiger partial charge < -0.3 is 4.74 Å². The van der Waals surface area contributed by atoms with Crippen LogP contribution in [-0.4, -0.2) is 12.0 Å². The number of fused-ring (bicyclic) bond motifs is 1. The van der Waals surface area contributed by atoms with E-state index in [0.29, 0.717) is 17.2 Å². The molecule has 0 aromatic heterocycles. The van der Waals surface area contributed by atoms with Gasteiger partial charge >= 0.3 is 0 Å². The van der Waals surface area contributed by atoms with E-state index in [1.165, 1.54) is 31.2 Å². The topological polar surface area (TPSA) is 9.23 Å². The molecule has 1 saturated carbocycles. The van der Waals surface area contributed by atoms with Gasteiger partial charge in [0, 0.05) is 16.9 Å². The highest BCUT2D eigenvalue weighted by Gasteiger charge is 2.32. The van der Waals surface area contributed by atoms with Crippen LogP contribution in [0.3, 0.4) is 0 Å². The van der Waals surface area contributed by atoms with Crippen LogP contribution < -0.4 is 4.74 Å². The molecular formula is C16H21ClO. The Bertz CT molecular complexity index is 417. The summed E-state index contributed by atoms with van der Waals surface area (Å²) in [6.07, 6.45) is 4.95. The molecule has 1 nitrogen and oxygen atoms in total. The summed E-state index contributed by atoms with van der Waals surface area (Å²) >= 11 is 6.51. The summed E-state index contributed by atoms with van der Waals surface area (Å²) in [6, 6.07) is 8.45. The normalized spacial score (nSPS) is 35.0. The van der Waals surface area contributed by atoms with Crippen LogP contribution in [0.1, 0.15) is 44.1 Å². The standard InChI is InChI=1S/C16H21ClO/c1-11-6-7-15(17)12(8-11)9-13-10-18-16-5-3-2-4-14(13)16/h2-5,11-13,15H,6-10H2,1H3. The van der Waals surface area contributed by atoms with Crippen LogP contribution in [0.25, 0.3) is 0 Å². The predicted molar refractivity (Wildman–Crippen MR) is 75.4 cm³/mol. The molecule has 3 rings (SSSR count). The lowest BCUT2D eigenvalue weighted by atomic mass is 9.77. The molecule has 1 heterocycles. The van der Waals surface area contributed by atoms with E-state index in [2.05, 4.69) is 25.1 Å². The first-order chi connectivity index (χ1) is 8.74. The SMILES string of the molecule is CC1CCC(Cl)C(CC2COc3ccccc32)C1. The van der Waals surface area contributed by atoms with Crippen LogP contribution in [-0.2, 0) is 0 Å². The number of para-hydroxylation sites is 1. The molecule has 1 aromatic rings. The van der Waals surface area contributed by atoms with Crippen LogP contribution in [0.2, 0.25) is 0 Å². The molecule has 0 bridgehead atoms. The Kier molecular flexibility index (Phi) is 3.52. The first-order valence-electron chi connectivity index (χ1n) is 7.10. The van der Waals surface area contributed by atoms with Crippen molar-refractivity contribution < 1.29 is 4.74 Å². The zero-order valence-corrected chi connectivity index (χ0v) is 11.7. The molecule has 1 aromatic carbocycles. The van der Waals surface area contributed by atoms with E-state index in [1.54, 1.807) is 0 Å². The summed E-state index contributed by atoms with van der Waals surface area (Å²) in [5.41, 5.74) is 1.39. The maximum Gasteiger partial charge on any atom is 0.122 e. The van der Waals surface area contributed by atoms with Crippen molar-refractivity contribution in [2.24, 2.45) is 11.8 Å². The summed E-state index contributed by atoms with van der Waals surface area (Å²) in [6.45, 7) is 3.20. The van der Waals surface area contributed by atoms with Crippen LogP contribution >= 0.6 is 11.6 Å². The van der Waals surface area contributed by atoms with Crippen molar-refractivity contribution in [3.8, 4) is 5.75 Å². The highest BCUT2D eigenvalue weighted by molar-refractivity contribution is 6.20. The predicted octanol–water partition coefficient (Wildman–Crippen LogP) is 4.60. The molecule has 2 heteroatoms. The third kappa shape index (κ3) is 2.38. The second-order valence-corrected chi connectivity index (χ2v) is 6.54. The lowest BCUT2D eigenvalue weighted by Gasteiger charge is -2.32. The minimum Gasteiger partial charge on any atom is -0.493 e. The number of ether oxygens (including phenoxy) is 1. The molecule has 1 fully saturated rings. The Labute approximate surface area is 114 Å². The van der Waals surface area contributed by atoms with Gasteiger partial charge in [-0.15, -0.1) is 11.6 Å². The van der Waals surface area contributed by atoms with Crippen molar-refractivity contribution in [1.29, 1.82) is 0 Å². The summed E-state index contributed by atoms with van der Waals surface area (Å²) in [5.74, 6) is 3.13. The molecule has 0 N–H and O–H groups in total. The zero-order valence-electron chi connectivity index (χ0n) is 10.9. The first kappa shape index (κ1) is 12.3. The molecule has 1 aliphatic carbocycles. The van der Waals surface area contributed by atoms with Crippen molar-refractivity contribution in [3.63, 3.8) is 0 Å². The Morgan fingerprint density at radius 2 is 2.11 bits per heavy atom. The number of hydrogen-bond donors (Lipinski definition) is 0. The van der Waals surface area contributed by atoms with Crippen LogP contribution in [0.15, 0.2) is 24.3 Å². The van der Waals surface area contributed by atoms with E-state index >= 15 is 0 Å². The second-order valence-electron chi connectivity index (χ2n) is 5.98. The van der Waals surface area contributed by atoms with Gasteiger partial charge in [0.1, 0.15) is 5.75 Å². The van der Waals surface area contributed by atoms with Gasteiger partial charge in [0.15, 0.2) is 0 Å². The third-order valence-electron chi connectivity index (χ3n) is 4.54. The van der Waals surface area contributed by atoms with Gasteiger partial charge in [-0.25, -0.2) is 0 Å². The fraction of sp³-hybridized carbons (Fsp3) is 0.625. The van der Waals surface area contributed by atoms with Crippen molar-refractivity contribution in [3.05, 3.63) is 29.8 Å². The third-order valence-corrected chi connectivity index (χ3v) is 5.11. The number of alkyl halides is 1. The average Bonchev–Trinajstić information content (AvgIpc) is 2.78. The molecule has 0 spiro atoms. The van der Waals surface area contributed by atoms with Gasteiger partial charge in [-0.3, -0.25) is 0 Å². The van der Waals surface area contributed by atoms with Crippen LogP contribution in [0, 0.1) is 11.8 Å². The average molecular weight is 265 g/mol. The molecule has 0 amide bonds. The number of halogens is 1. The van der Waals surface area contributed by atoms with E-state index in [4.69, 9.17) is 16.3 Å². The summed E-state index contributed by atoms with van der Waals surface area (Å²) < 4.78 is 5.77. The Morgan fingerprint density at radius 1 is 1.28 bits per heavy atom. The number of hydrogen-bond acceptors (Lipinski definition) is 1. The van der Waals surface area contributed by atoms with Gasteiger partial charge in [-0.05, 0) is 43.6 Å². The van der Waals surface area contributed by atoms with Crippen LogP contribution in [0.4, 0.5) is 0 Å². The number of benzene rings is 1. The Morgan fingerprint density at radius 3 is 3.00 bits per heavy atom. The summed E-state index contributed by atoms with van der Waals surface area (Å²) in [5, 5.41) is 0.369. The summed E-state index contributed by atoms with van der Waals surface area (Å²) in [4.78, 5) is 0. The second kappa shape index (κ2) is 5.13. The molecule has 4 unspecified atom stereocenters. The smallest absolute Gasteiger partial charge is 0.122 e. The Balaban J connectivity index is 1.70. The van der Waals surface area contributed by atoms with Crippen molar-refractivity contribution in [2.45, 2.75) is 43.9 Å².